The Balaban J connectivity index is 1.97. The van der Waals surface area contributed by atoms with Gasteiger partial charge in [0.25, 0.3) is 0 Å². The second-order valence-corrected chi connectivity index (χ2v) is 5.75. The summed E-state index contributed by atoms with van der Waals surface area (Å²) in [5, 5.41) is 2.92. The van der Waals surface area contributed by atoms with Crippen molar-refractivity contribution in [2.45, 2.75) is 58.8 Å². The van der Waals surface area contributed by atoms with Crippen LogP contribution in [0.25, 0.3) is 11.1 Å². The van der Waals surface area contributed by atoms with E-state index in [0.29, 0.717) is 6.42 Å². The van der Waals surface area contributed by atoms with Crippen molar-refractivity contribution in [1.29, 1.82) is 0 Å². The van der Waals surface area contributed by atoms with Crippen molar-refractivity contribution in [3.8, 4) is 0 Å². The highest BCUT2D eigenvalue weighted by atomic mass is 16.3. The van der Waals surface area contributed by atoms with E-state index in [4.69, 9.17) is 4.42 Å². The zero-order valence-electron chi connectivity index (χ0n) is 13.1. The van der Waals surface area contributed by atoms with Crippen molar-refractivity contribution in [2.75, 3.05) is 5.32 Å². The molecule has 0 spiro atoms. The number of nitrogens with zero attached hydrogens (tertiary/aromatic N) is 1. The molecule has 1 aromatic carbocycles. The maximum atomic E-state index is 11.9. The molecule has 1 amide bonds. The van der Waals surface area contributed by atoms with E-state index in [1.165, 1.54) is 12.8 Å². The molecule has 114 valence electrons. The Morgan fingerprint density at radius 3 is 2.81 bits per heavy atom. The van der Waals surface area contributed by atoms with Gasteiger partial charge in [0, 0.05) is 24.1 Å². The van der Waals surface area contributed by atoms with Crippen molar-refractivity contribution >= 4 is 22.7 Å². The van der Waals surface area contributed by atoms with E-state index in [9.17, 15) is 4.79 Å². The molecule has 0 aliphatic carbocycles. The van der Waals surface area contributed by atoms with Gasteiger partial charge in [0.1, 0.15) is 5.52 Å². The first-order chi connectivity index (χ1) is 10.1. The first-order valence-electron chi connectivity index (χ1n) is 7.80. The average Bonchev–Trinajstić information content (AvgIpc) is 2.87. The normalized spacial score (nSPS) is 11.2. The summed E-state index contributed by atoms with van der Waals surface area (Å²) in [5.74, 6) is 1.05. The molecule has 1 heterocycles. The first-order valence-corrected chi connectivity index (χ1v) is 7.80. The van der Waals surface area contributed by atoms with Crippen LogP contribution in [-0.4, -0.2) is 10.9 Å². The Bertz CT molecular complexity index is 602. The summed E-state index contributed by atoms with van der Waals surface area (Å²) < 4.78 is 5.70. The molecule has 1 aromatic heterocycles. The number of anilines is 1. The molecule has 0 bridgehead atoms. The molecule has 0 radical (unpaired) electrons. The van der Waals surface area contributed by atoms with Crippen molar-refractivity contribution < 1.29 is 9.21 Å². The summed E-state index contributed by atoms with van der Waals surface area (Å²) in [6.45, 7) is 6.26. The molecular weight excluding hydrogens is 264 g/mol. The van der Waals surface area contributed by atoms with Gasteiger partial charge in [-0.2, -0.15) is 0 Å². The van der Waals surface area contributed by atoms with Crippen molar-refractivity contribution in [3.05, 3.63) is 24.1 Å². The van der Waals surface area contributed by atoms with Gasteiger partial charge in [-0.15, -0.1) is 0 Å². The molecule has 2 aromatic rings. The molecular formula is C17H24N2O2. The zero-order chi connectivity index (χ0) is 15.2. The van der Waals surface area contributed by atoms with E-state index in [2.05, 4.69) is 17.2 Å². The van der Waals surface area contributed by atoms with Crippen molar-refractivity contribution in [2.24, 2.45) is 0 Å². The van der Waals surface area contributed by atoms with Crippen molar-refractivity contribution in [1.82, 2.24) is 4.98 Å². The third-order valence-corrected chi connectivity index (χ3v) is 3.44. The number of oxazole rings is 1. The van der Waals surface area contributed by atoms with Gasteiger partial charge in [0.15, 0.2) is 11.5 Å². The molecule has 0 unspecified atom stereocenters. The van der Waals surface area contributed by atoms with Gasteiger partial charge in [0.2, 0.25) is 5.91 Å². The number of fused-ring (bicyclic) bond motifs is 1. The highest BCUT2D eigenvalue weighted by Gasteiger charge is 2.10. The van der Waals surface area contributed by atoms with Gasteiger partial charge in [-0.3, -0.25) is 4.79 Å². The van der Waals surface area contributed by atoms with E-state index in [0.717, 1.165) is 35.5 Å². The lowest BCUT2D eigenvalue weighted by atomic mass is 10.1. The second-order valence-electron chi connectivity index (χ2n) is 5.75. The van der Waals surface area contributed by atoms with Crippen LogP contribution in [0.2, 0.25) is 0 Å². The molecule has 0 aliphatic heterocycles. The van der Waals surface area contributed by atoms with Crippen LogP contribution >= 0.6 is 0 Å². The highest BCUT2D eigenvalue weighted by Crippen LogP contribution is 2.24. The zero-order valence-corrected chi connectivity index (χ0v) is 13.1. The molecule has 1 N–H and O–H groups in total. The van der Waals surface area contributed by atoms with E-state index in [1.807, 2.05) is 32.0 Å². The minimum absolute atomic E-state index is 0.0639. The number of nitrogens with one attached hydrogen (secondary N) is 1. The molecule has 0 aliphatic rings. The van der Waals surface area contributed by atoms with Crippen molar-refractivity contribution in [3.63, 3.8) is 0 Å². The van der Waals surface area contributed by atoms with Gasteiger partial charge in [0.05, 0.1) is 0 Å². The van der Waals surface area contributed by atoms with Gasteiger partial charge in [-0.25, -0.2) is 4.98 Å². The van der Waals surface area contributed by atoms with Crippen LogP contribution < -0.4 is 5.32 Å². The number of unbranched alkanes of at least 4 members (excludes halogenated alkanes) is 3. The molecule has 0 fully saturated rings. The van der Waals surface area contributed by atoms with Crippen LogP contribution in [0.15, 0.2) is 22.6 Å². The minimum atomic E-state index is 0.0639. The van der Waals surface area contributed by atoms with E-state index in [-0.39, 0.29) is 11.8 Å². The fourth-order valence-electron chi connectivity index (χ4n) is 2.20. The summed E-state index contributed by atoms with van der Waals surface area (Å²) in [4.78, 5) is 16.3. The predicted molar refractivity (Wildman–Crippen MR) is 85.5 cm³/mol. The number of carbonyl (C=O) groups excluding carboxylic acids is 1. The number of benzene rings is 1. The molecule has 0 atom stereocenters. The van der Waals surface area contributed by atoms with Crippen LogP contribution in [-0.2, 0) is 4.79 Å². The Labute approximate surface area is 125 Å². The lowest BCUT2D eigenvalue weighted by Gasteiger charge is -2.04. The summed E-state index contributed by atoms with van der Waals surface area (Å²) in [7, 11) is 0. The Kier molecular flexibility index (Phi) is 5.37. The summed E-state index contributed by atoms with van der Waals surface area (Å²) >= 11 is 0. The van der Waals surface area contributed by atoms with Crippen LogP contribution in [0.3, 0.4) is 0 Å². The molecule has 0 saturated carbocycles. The number of rotatable bonds is 7. The summed E-state index contributed by atoms with van der Waals surface area (Å²) in [6, 6.07) is 5.61. The number of amides is 1. The van der Waals surface area contributed by atoms with Gasteiger partial charge < -0.3 is 9.73 Å². The Morgan fingerprint density at radius 2 is 2.10 bits per heavy atom. The van der Waals surface area contributed by atoms with E-state index >= 15 is 0 Å². The highest BCUT2D eigenvalue weighted by molar-refractivity contribution is 5.92. The maximum Gasteiger partial charge on any atom is 0.224 e. The van der Waals surface area contributed by atoms with Crippen LogP contribution in [0, 0.1) is 0 Å². The third-order valence-electron chi connectivity index (χ3n) is 3.44. The number of hydrogen-bond donors (Lipinski definition) is 1. The van der Waals surface area contributed by atoms with E-state index in [1.54, 1.807) is 0 Å². The standard InChI is InChI=1S/C17H24N2O2/c1-4-5-6-7-8-16(20)18-13-9-10-14-15(11-13)21-17(19-14)12(2)3/h9-12H,4-8H2,1-3H3,(H,18,20). The quantitative estimate of drug-likeness (QED) is 0.740. The SMILES string of the molecule is CCCCCCC(=O)Nc1ccc2nc(C(C)C)oc2c1. The largest absolute Gasteiger partial charge is 0.440 e. The second kappa shape index (κ2) is 7.25. The van der Waals surface area contributed by atoms with Crippen LogP contribution in [0.5, 0.6) is 0 Å². The Hall–Kier alpha value is -1.84. The third kappa shape index (κ3) is 4.31. The molecule has 2 rings (SSSR count). The topological polar surface area (TPSA) is 55.1 Å². The molecule has 21 heavy (non-hydrogen) atoms. The fraction of sp³-hybridized carbons (Fsp3) is 0.529. The van der Waals surface area contributed by atoms with Gasteiger partial charge in [-0.05, 0) is 18.6 Å². The first kappa shape index (κ1) is 15.5. The lowest BCUT2D eigenvalue weighted by Crippen LogP contribution is -2.10. The number of carbonyl (C=O) groups is 1. The number of aromatic nitrogens is 1. The number of hydrogen-bond acceptors (Lipinski definition) is 3. The molecule has 4 nitrogen and oxygen atoms in total. The van der Waals surface area contributed by atoms with Gasteiger partial charge >= 0.3 is 0 Å². The summed E-state index contributed by atoms with van der Waals surface area (Å²) in [5.41, 5.74) is 2.33. The summed E-state index contributed by atoms with van der Waals surface area (Å²) in [6.07, 6.45) is 5.01. The van der Waals surface area contributed by atoms with Gasteiger partial charge in [-0.1, -0.05) is 40.0 Å². The molecule has 0 saturated heterocycles. The average molecular weight is 288 g/mol. The fourth-order valence-corrected chi connectivity index (χ4v) is 2.20. The lowest BCUT2D eigenvalue weighted by molar-refractivity contribution is -0.116. The smallest absolute Gasteiger partial charge is 0.224 e. The maximum absolute atomic E-state index is 11.9. The monoisotopic (exact) mass is 288 g/mol. The predicted octanol–water partition coefficient (Wildman–Crippen LogP) is 4.86. The van der Waals surface area contributed by atoms with E-state index < -0.39 is 0 Å². The molecule has 4 heteroatoms. The Morgan fingerprint density at radius 1 is 1.29 bits per heavy atom. The minimum Gasteiger partial charge on any atom is -0.440 e. The van der Waals surface area contributed by atoms with Crippen LogP contribution in [0.1, 0.15) is 64.7 Å². The van der Waals surface area contributed by atoms with Crippen LogP contribution in [0.4, 0.5) is 5.69 Å².